The fourth-order valence-electron chi connectivity index (χ4n) is 4.18. The maximum atomic E-state index is 13.4. The molecule has 0 bridgehead atoms. The number of hydrogen-bond acceptors (Lipinski definition) is 7. The molecule has 1 fully saturated rings. The highest BCUT2D eigenvalue weighted by atomic mass is 79.9. The number of nitrogens with zero attached hydrogens (tertiary/aromatic N) is 1. The molecule has 3 aromatic carbocycles. The zero-order chi connectivity index (χ0) is 30.2. The summed E-state index contributed by atoms with van der Waals surface area (Å²) in [5, 5.41) is 2.85. The van der Waals surface area contributed by atoms with Gasteiger partial charge in [-0.15, -0.1) is 0 Å². The summed E-state index contributed by atoms with van der Waals surface area (Å²) in [4.78, 5) is 39.8. The molecular weight excluding hydrogens is 628 g/mol. The first-order chi connectivity index (χ1) is 20.2. The van der Waals surface area contributed by atoms with Gasteiger partial charge >= 0.3 is 6.03 Å². The van der Waals surface area contributed by atoms with Crippen LogP contribution in [0, 0.1) is 0 Å². The van der Waals surface area contributed by atoms with Crippen molar-refractivity contribution in [3.05, 3.63) is 86.4 Å². The molecule has 1 saturated heterocycles. The van der Waals surface area contributed by atoms with Crippen LogP contribution in [0.25, 0.3) is 6.08 Å². The van der Waals surface area contributed by atoms with E-state index < -0.39 is 17.8 Å². The first-order valence-electron chi connectivity index (χ1n) is 13.3. The molecule has 4 rings (SSSR count). The Morgan fingerprint density at radius 2 is 1.74 bits per heavy atom. The van der Waals surface area contributed by atoms with E-state index in [-0.39, 0.29) is 18.7 Å². The van der Waals surface area contributed by atoms with Gasteiger partial charge in [0.25, 0.3) is 11.8 Å². The lowest BCUT2D eigenvalue weighted by Crippen LogP contribution is -2.53. The van der Waals surface area contributed by atoms with E-state index in [4.69, 9.17) is 30.5 Å². The Balaban J connectivity index is 1.59. The van der Waals surface area contributed by atoms with Gasteiger partial charge in [0.1, 0.15) is 12.2 Å². The minimum absolute atomic E-state index is 0.0795. The molecule has 11 heteroatoms. The van der Waals surface area contributed by atoms with Gasteiger partial charge in [0, 0.05) is 5.02 Å². The highest BCUT2D eigenvalue weighted by Crippen LogP contribution is 2.38. The first kappa shape index (κ1) is 30.9. The number of rotatable bonds is 12. The van der Waals surface area contributed by atoms with Crippen molar-refractivity contribution < 1.29 is 33.3 Å². The van der Waals surface area contributed by atoms with Crippen molar-refractivity contribution in [1.29, 1.82) is 0 Å². The first-order valence-corrected chi connectivity index (χ1v) is 14.4. The Morgan fingerprint density at radius 1 is 0.929 bits per heavy atom. The number of nitrogens with one attached hydrogen (secondary N) is 1. The number of hydrogen-bond donors (Lipinski definition) is 1. The van der Waals surface area contributed by atoms with Crippen molar-refractivity contribution in [1.82, 2.24) is 10.2 Å². The van der Waals surface area contributed by atoms with Crippen LogP contribution in [0.15, 0.2) is 64.6 Å². The lowest BCUT2D eigenvalue weighted by atomic mass is 10.1. The van der Waals surface area contributed by atoms with Crippen molar-refractivity contribution in [2.45, 2.75) is 33.4 Å². The second kappa shape index (κ2) is 14.2. The Labute approximate surface area is 257 Å². The summed E-state index contributed by atoms with van der Waals surface area (Å²) in [6.07, 6.45) is 2.24. The smallest absolute Gasteiger partial charge is 0.331 e. The van der Waals surface area contributed by atoms with Gasteiger partial charge in [-0.25, -0.2) is 4.79 Å². The summed E-state index contributed by atoms with van der Waals surface area (Å²) in [7, 11) is 1.51. The maximum absolute atomic E-state index is 13.4. The molecule has 9 nitrogen and oxygen atoms in total. The molecule has 220 valence electrons. The maximum Gasteiger partial charge on any atom is 0.331 e. The normalized spacial score (nSPS) is 14.2. The van der Waals surface area contributed by atoms with Crippen molar-refractivity contribution in [3.63, 3.8) is 0 Å². The van der Waals surface area contributed by atoms with Crippen LogP contribution >= 0.6 is 27.5 Å². The molecule has 4 amide bonds. The highest BCUT2D eigenvalue weighted by molar-refractivity contribution is 9.10. The molecule has 0 unspecified atom stereocenters. The molecule has 3 aromatic rings. The number of urea groups is 1. The number of barbiturate groups is 1. The molecule has 1 heterocycles. The largest absolute Gasteiger partial charge is 0.493 e. The van der Waals surface area contributed by atoms with Crippen molar-refractivity contribution in [2.24, 2.45) is 0 Å². The molecule has 0 atom stereocenters. The van der Waals surface area contributed by atoms with E-state index in [1.807, 2.05) is 26.0 Å². The molecule has 0 aliphatic carbocycles. The van der Waals surface area contributed by atoms with Crippen LogP contribution in [-0.4, -0.2) is 43.1 Å². The number of halogens is 2. The van der Waals surface area contributed by atoms with Gasteiger partial charge < -0.3 is 18.9 Å². The molecule has 0 aromatic heterocycles. The summed E-state index contributed by atoms with van der Waals surface area (Å²) in [6.45, 7) is 4.87. The number of benzene rings is 3. The summed E-state index contributed by atoms with van der Waals surface area (Å²) >= 11 is 9.60. The van der Waals surface area contributed by atoms with Gasteiger partial charge in [-0.3, -0.25) is 19.8 Å². The van der Waals surface area contributed by atoms with Crippen molar-refractivity contribution >= 4 is 51.5 Å². The predicted molar refractivity (Wildman–Crippen MR) is 162 cm³/mol. The molecular formula is C31H30BrClN2O7. The lowest BCUT2D eigenvalue weighted by molar-refractivity contribution is -0.130. The van der Waals surface area contributed by atoms with Crippen LogP contribution in [0.4, 0.5) is 4.79 Å². The van der Waals surface area contributed by atoms with Crippen LogP contribution in [0.2, 0.25) is 5.02 Å². The molecule has 0 saturated carbocycles. The van der Waals surface area contributed by atoms with Crippen LogP contribution in [0.1, 0.15) is 37.0 Å². The van der Waals surface area contributed by atoms with Gasteiger partial charge in [0.2, 0.25) is 0 Å². The number of amides is 4. The summed E-state index contributed by atoms with van der Waals surface area (Å²) < 4.78 is 23.5. The van der Waals surface area contributed by atoms with E-state index in [1.165, 1.54) is 13.2 Å². The van der Waals surface area contributed by atoms with Gasteiger partial charge in [-0.2, -0.15) is 0 Å². The van der Waals surface area contributed by atoms with Gasteiger partial charge in [-0.1, -0.05) is 36.7 Å². The van der Waals surface area contributed by atoms with E-state index in [2.05, 4.69) is 21.2 Å². The minimum Gasteiger partial charge on any atom is -0.493 e. The zero-order valence-electron chi connectivity index (χ0n) is 23.4. The Morgan fingerprint density at radius 3 is 2.45 bits per heavy atom. The molecule has 0 radical (unpaired) electrons. The van der Waals surface area contributed by atoms with E-state index in [0.717, 1.165) is 16.9 Å². The molecule has 42 heavy (non-hydrogen) atoms. The van der Waals surface area contributed by atoms with E-state index in [9.17, 15) is 14.4 Å². The number of imide groups is 2. The second-order valence-electron chi connectivity index (χ2n) is 9.22. The van der Waals surface area contributed by atoms with E-state index in [0.29, 0.717) is 56.8 Å². The topological polar surface area (TPSA) is 103 Å². The van der Waals surface area contributed by atoms with Crippen molar-refractivity contribution in [3.8, 4) is 23.0 Å². The minimum atomic E-state index is -0.812. The van der Waals surface area contributed by atoms with Crippen LogP contribution in [0.5, 0.6) is 23.0 Å². The third-order valence-electron chi connectivity index (χ3n) is 6.13. The monoisotopic (exact) mass is 656 g/mol. The molecule has 0 spiro atoms. The number of carbonyl (C=O) groups is 3. The molecule has 1 N–H and O–H groups in total. The molecule has 1 aliphatic heterocycles. The number of carbonyl (C=O) groups excluding carboxylic acids is 3. The van der Waals surface area contributed by atoms with E-state index in [1.54, 1.807) is 42.5 Å². The zero-order valence-corrected chi connectivity index (χ0v) is 25.7. The standard InChI is InChI=1S/C31H30BrClN2O7/c1-4-11-41-25-10-9-19(15-26(25)39-3)17-35-30(37)23(29(36)34-31(35)38)13-21-14-24(32)28(27(16-21)40-5-2)42-18-20-7-6-8-22(33)12-20/h6-10,12-16H,4-5,11,17-18H2,1-3H3,(H,34,36,38)/b23-13+. The Bertz CT molecular complexity index is 1530. The highest BCUT2D eigenvalue weighted by Gasteiger charge is 2.36. The van der Waals surface area contributed by atoms with Crippen LogP contribution < -0.4 is 24.3 Å². The lowest BCUT2D eigenvalue weighted by Gasteiger charge is -2.26. The third kappa shape index (κ3) is 7.43. The predicted octanol–water partition coefficient (Wildman–Crippen LogP) is 6.54. The third-order valence-corrected chi connectivity index (χ3v) is 6.96. The summed E-state index contributed by atoms with van der Waals surface area (Å²) in [6, 6.07) is 15.0. The van der Waals surface area contributed by atoms with E-state index >= 15 is 0 Å². The average molecular weight is 658 g/mol. The Kier molecular flexibility index (Phi) is 10.5. The van der Waals surface area contributed by atoms with Gasteiger partial charge in [0.05, 0.1) is 31.3 Å². The summed E-state index contributed by atoms with van der Waals surface area (Å²) in [5.41, 5.74) is 1.78. The summed E-state index contributed by atoms with van der Waals surface area (Å²) in [5.74, 6) is 0.375. The fraction of sp³-hybridized carbons (Fsp3) is 0.258. The fourth-order valence-corrected chi connectivity index (χ4v) is 4.97. The van der Waals surface area contributed by atoms with Crippen LogP contribution in [-0.2, 0) is 22.7 Å². The van der Waals surface area contributed by atoms with Gasteiger partial charge in [-0.05, 0) is 88.4 Å². The SMILES string of the molecule is CCCOc1ccc(CN2C(=O)NC(=O)/C(=C\c3cc(Br)c(OCc4cccc(Cl)c4)c(OCC)c3)C2=O)cc1OC. The van der Waals surface area contributed by atoms with Crippen molar-refractivity contribution in [2.75, 3.05) is 20.3 Å². The number of methoxy groups -OCH3 is 1. The second-order valence-corrected chi connectivity index (χ2v) is 10.5. The van der Waals surface area contributed by atoms with Crippen LogP contribution in [0.3, 0.4) is 0 Å². The molecule has 1 aliphatic rings. The average Bonchev–Trinajstić information content (AvgIpc) is 2.96. The quantitative estimate of drug-likeness (QED) is 0.174. The number of ether oxygens (including phenoxy) is 4. The van der Waals surface area contributed by atoms with Gasteiger partial charge in [0.15, 0.2) is 23.0 Å². The Hall–Kier alpha value is -4.02.